The highest BCUT2D eigenvalue weighted by molar-refractivity contribution is 7.09. The van der Waals surface area contributed by atoms with Gasteiger partial charge in [0.25, 0.3) is 0 Å². The van der Waals surface area contributed by atoms with Crippen LogP contribution in [0.4, 0.5) is 5.95 Å². The monoisotopic (exact) mass is 250 g/mol. The molecule has 0 atom stereocenters. The average Bonchev–Trinajstić information content (AvgIpc) is 2.86. The number of nitrogens with one attached hydrogen (secondary N) is 1. The van der Waals surface area contributed by atoms with Gasteiger partial charge in [0.05, 0.1) is 6.54 Å². The topological polar surface area (TPSA) is 42.7 Å². The molecule has 0 amide bonds. The number of aryl methyl sites for hydroxylation is 1. The Morgan fingerprint density at radius 3 is 2.94 bits per heavy atom. The molecule has 0 unspecified atom stereocenters. The van der Waals surface area contributed by atoms with Gasteiger partial charge in [-0.3, -0.25) is 0 Å². The molecule has 0 fully saturated rings. The lowest BCUT2D eigenvalue weighted by atomic mass is 10.2. The Morgan fingerprint density at radius 1 is 1.47 bits per heavy atom. The predicted molar refractivity (Wildman–Crippen MR) is 71.5 cm³/mol. The van der Waals surface area contributed by atoms with Gasteiger partial charge in [0, 0.05) is 30.0 Å². The summed E-state index contributed by atoms with van der Waals surface area (Å²) in [6, 6.07) is 0. The maximum absolute atomic E-state index is 4.46. The second-order valence-electron chi connectivity index (χ2n) is 4.54. The molecule has 2 heterocycles. The summed E-state index contributed by atoms with van der Waals surface area (Å²) >= 11 is 1.69. The Morgan fingerprint density at radius 2 is 2.29 bits per heavy atom. The molecule has 17 heavy (non-hydrogen) atoms. The van der Waals surface area contributed by atoms with Crippen LogP contribution in [-0.4, -0.2) is 21.1 Å². The van der Waals surface area contributed by atoms with Crippen LogP contribution >= 0.6 is 11.3 Å². The molecule has 0 spiro atoms. The van der Waals surface area contributed by atoms with E-state index in [9.17, 15) is 0 Å². The quantitative estimate of drug-likeness (QED) is 0.887. The summed E-state index contributed by atoms with van der Waals surface area (Å²) < 4.78 is 2.10. The van der Waals surface area contributed by atoms with Crippen molar-refractivity contribution in [1.29, 1.82) is 0 Å². The SMILES string of the molecule is Cc1csc(Cn2ccnc2NCC(C)C)n1. The van der Waals surface area contributed by atoms with Gasteiger partial charge in [-0.05, 0) is 12.8 Å². The first kappa shape index (κ1) is 12.1. The number of hydrogen-bond acceptors (Lipinski definition) is 4. The number of rotatable bonds is 5. The minimum atomic E-state index is 0.613. The third-order valence-corrected chi connectivity index (χ3v) is 3.31. The summed E-state index contributed by atoms with van der Waals surface area (Å²) in [6.07, 6.45) is 3.81. The number of imidazole rings is 1. The standard InChI is InChI=1S/C12H18N4S/c1-9(2)6-14-12-13-4-5-16(12)7-11-15-10(3)8-17-11/h4-5,8-9H,6-7H2,1-3H3,(H,13,14). The van der Waals surface area contributed by atoms with Gasteiger partial charge < -0.3 is 9.88 Å². The Hall–Kier alpha value is -1.36. The molecule has 0 aliphatic carbocycles. The van der Waals surface area contributed by atoms with Crippen molar-refractivity contribution in [3.05, 3.63) is 28.5 Å². The highest BCUT2D eigenvalue weighted by Crippen LogP contribution is 2.13. The average molecular weight is 250 g/mol. The molecular formula is C12H18N4S. The first-order valence-electron chi connectivity index (χ1n) is 5.81. The van der Waals surface area contributed by atoms with Gasteiger partial charge in [-0.25, -0.2) is 9.97 Å². The first-order chi connectivity index (χ1) is 8.15. The third kappa shape index (κ3) is 3.30. The summed E-state index contributed by atoms with van der Waals surface area (Å²) in [5.74, 6) is 1.54. The van der Waals surface area contributed by atoms with Crippen molar-refractivity contribution in [3.63, 3.8) is 0 Å². The first-order valence-corrected chi connectivity index (χ1v) is 6.69. The largest absolute Gasteiger partial charge is 0.355 e. The Labute approximate surface area is 106 Å². The van der Waals surface area contributed by atoms with Crippen LogP contribution in [0.2, 0.25) is 0 Å². The molecule has 2 aromatic rings. The lowest BCUT2D eigenvalue weighted by Gasteiger charge is -2.10. The van der Waals surface area contributed by atoms with Gasteiger partial charge in [-0.15, -0.1) is 11.3 Å². The van der Waals surface area contributed by atoms with Crippen LogP contribution in [0.5, 0.6) is 0 Å². The number of hydrogen-bond donors (Lipinski definition) is 1. The molecule has 2 aromatic heterocycles. The van der Waals surface area contributed by atoms with Crippen LogP contribution < -0.4 is 5.32 Å². The van der Waals surface area contributed by atoms with Crippen molar-refractivity contribution in [3.8, 4) is 0 Å². The van der Waals surface area contributed by atoms with E-state index < -0.39 is 0 Å². The van der Waals surface area contributed by atoms with E-state index in [1.807, 2.05) is 19.3 Å². The highest BCUT2D eigenvalue weighted by atomic mass is 32.1. The smallest absolute Gasteiger partial charge is 0.203 e. The zero-order valence-corrected chi connectivity index (χ0v) is 11.3. The predicted octanol–water partition coefficient (Wildman–Crippen LogP) is 2.76. The molecule has 0 bridgehead atoms. The van der Waals surface area contributed by atoms with Crippen LogP contribution in [-0.2, 0) is 6.54 Å². The van der Waals surface area contributed by atoms with Crippen LogP contribution in [0.25, 0.3) is 0 Å². The van der Waals surface area contributed by atoms with Crippen molar-refractivity contribution >= 4 is 17.3 Å². The lowest BCUT2D eigenvalue weighted by molar-refractivity contribution is 0.676. The number of thiazole rings is 1. The fourth-order valence-corrected chi connectivity index (χ4v) is 2.29. The molecule has 0 aromatic carbocycles. The van der Waals surface area contributed by atoms with E-state index >= 15 is 0 Å². The van der Waals surface area contributed by atoms with Crippen molar-refractivity contribution in [2.45, 2.75) is 27.3 Å². The van der Waals surface area contributed by atoms with Crippen molar-refractivity contribution in [2.75, 3.05) is 11.9 Å². The fraction of sp³-hybridized carbons (Fsp3) is 0.500. The number of anilines is 1. The van der Waals surface area contributed by atoms with E-state index in [0.717, 1.165) is 29.7 Å². The third-order valence-electron chi connectivity index (χ3n) is 2.36. The van der Waals surface area contributed by atoms with E-state index in [-0.39, 0.29) is 0 Å². The molecule has 0 radical (unpaired) electrons. The second kappa shape index (κ2) is 5.31. The Kier molecular flexibility index (Phi) is 3.78. The molecule has 1 N–H and O–H groups in total. The normalized spacial score (nSPS) is 11.1. The van der Waals surface area contributed by atoms with Crippen molar-refractivity contribution in [2.24, 2.45) is 5.92 Å². The Bertz CT molecular complexity index is 472. The van der Waals surface area contributed by atoms with E-state index in [2.05, 4.69) is 39.1 Å². The summed E-state index contributed by atoms with van der Waals surface area (Å²) in [5, 5.41) is 6.54. The molecule has 0 aliphatic rings. The lowest BCUT2D eigenvalue weighted by Crippen LogP contribution is -2.13. The van der Waals surface area contributed by atoms with Crippen LogP contribution in [0.15, 0.2) is 17.8 Å². The summed E-state index contributed by atoms with van der Waals surface area (Å²) in [4.78, 5) is 8.78. The molecule has 5 heteroatoms. The van der Waals surface area contributed by atoms with Gasteiger partial charge in [0.2, 0.25) is 5.95 Å². The molecule has 2 rings (SSSR count). The molecular weight excluding hydrogens is 232 g/mol. The van der Waals surface area contributed by atoms with Crippen LogP contribution in [0.1, 0.15) is 24.5 Å². The summed E-state index contributed by atoms with van der Waals surface area (Å²) in [7, 11) is 0. The van der Waals surface area contributed by atoms with Gasteiger partial charge in [-0.2, -0.15) is 0 Å². The van der Waals surface area contributed by atoms with Gasteiger partial charge >= 0.3 is 0 Å². The van der Waals surface area contributed by atoms with Crippen molar-refractivity contribution < 1.29 is 0 Å². The van der Waals surface area contributed by atoms with E-state index in [1.165, 1.54) is 0 Å². The Balaban J connectivity index is 2.03. The molecule has 4 nitrogen and oxygen atoms in total. The molecule has 0 aliphatic heterocycles. The van der Waals surface area contributed by atoms with E-state index in [0.29, 0.717) is 5.92 Å². The van der Waals surface area contributed by atoms with Gasteiger partial charge in [0.15, 0.2) is 0 Å². The van der Waals surface area contributed by atoms with Crippen LogP contribution in [0, 0.1) is 12.8 Å². The number of nitrogens with zero attached hydrogens (tertiary/aromatic N) is 3. The minimum absolute atomic E-state index is 0.613. The second-order valence-corrected chi connectivity index (χ2v) is 5.48. The zero-order chi connectivity index (χ0) is 12.3. The fourth-order valence-electron chi connectivity index (χ4n) is 1.52. The van der Waals surface area contributed by atoms with E-state index in [1.54, 1.807) is 11.3 Å². The molecule has 0 saturated carbocycles. The maximum Gasteiger partial charge on any atom is 0.203 e. The number of aromatic nitrogens is 3. The maximum atomic E-state index is 4.46. The van der Waals surface area contributed by atoms with Crippen LogP contribution in [0.3, 0.4) is 0 Å². The summed E-state index contributed by atoms with van der Waals surface area (Å²) in [6.45, 7) is 8.12. The van der Waals surface area contributed by atoms with Gasteiger partial charge in [0.1, 0.15) is 5.01 Å². The van der Waals surface area contributed by atoms with Gasteiger partial charge in [-0.1, -0.05) is 13.8 Å². The van der Waals surface area contributed by atoms with Crippen molar-refractivity contribution in [1.82, 2.24) is 14.5 Å². The molecule has 0 saturated heterocycles. The summed E-state index contributed by atoms with van der Waals surface area (Å²) in [5.41, 5.74) is 1.09. The van der Waals surface area contributed by atoms with E-state index in [4.69, 9.17) is 0 Å². The zero-order valence-electron chi connectivity index (χ0n) is 10.5. The molecule has 92 valence electrons. The highest BCUT2D eigenvalue weighted by Gasteiger charge is 2.05. The minimum Gasteiger partial charge on any atom is -0.355 e.